The van der Waals surface area contributed by atoms with Crippen molar-refractivity contribution in [3.8, 4) is 0 Å². The molecule has 1 saturated carbocycles. The van der Waals surface area contributed by atoms with Crippen LogP contribution in [0, 0.1) is 11.8 Å². The molecule has 0 bridgehead atoms. The summed E-state index contributed by atoms with van der Waals surface area (Å²) < 4.78 is 39.2. The molecule has 1 heterocycles. The molecule has 1 aliphatic heterocycles. The van der Waals surface area contributed by atoms with Gasteiger partial charge < -0.3 is 4.90 Å². The van der Waals surface area contributed by atoms with E-state index >= 15 is 0 Å². The topological polar surface area (TPSA) is 20.3 Å². The lowest BCUT2D eigenvalue weighted by Crippen LogP contribution is -2.40. The fourth-order valence-electron chi connectivity index (χ4n) is 3.51. The van der Waals surface area contributed by atoms with Gasteiger partial charge in [-0.05, 0) is 42.7 Å². The number of carbonyl (C=O) groups is 1. The molecule has 5 heteroatoms. The summed E-state index contributed by atoms with van der Waals surface area (Å²) in [5.74, 6) is -0.0257. The normalized spacial score (nSPS) is 28.5. The number of benzene rings is 1. The molecular formula is C17H20F3NO. The second-order valence-electron chi connectivity index (χ2n) is 6.57. The third-order valence-corrected chi connectivity index (χ3v) is 4.74. The van der Waals surface area contributed by atoms with Crippen molar-refractivity contribution in [1.82, 2.24) is 4.90 Å². The first kappa shape index (κ1) is 15.4. The predicted molar refractivity (Wildman–Crippen MR) is 77.3 cm³/mol. The summed E-state index contributed by atoms with van der Waals surface area (Å²) in [6, 6.07) is 5.64. The van der Waals surface area contributed by atoms with Gasteiger partial charge in [0.05, 0.1) is 5.56 Å². The number of likely N-dealkylation sites (tertiary alicyclic amines) is 1. The van der Waals surface area contributed by atoms with Crippen LogP contribution in [0.3, 0.4) is 0 Å². The maximum absolute atomic E-state index is 13.1. The second kappa shape index (κ2) is 5.60. The van der Waals surface area contributed by atoms with Gasteiger partial charge in [0, 0.05) is 19.0 Å². The van der Waals surface area contributed by atoms with Gasteiger partial charge in [0.15, 0.2) is 0 Å². The SMILES string of the molecule is CC1CCCN(C(=O)C2CC2c2ccccc2C(F)(F)F)C1. The van der Waals surface area contributed by atoms with Gasteiger partial charge in [0.2, 0.25) is 5.91 Å². The van der Waals surface area contributed by atoms with E-state index in [1.165, 1.54) is 12.1 Å². The summed E-state index contributed by atoms with van der Waals surface area (Å²) in [5, 5.41) is 0. The Labute approximate surface area is 128 Å². The third-order valence-electron chi connectivity index (χ3n) is 4.74. The van der Waals surface area contributed by atoms with Crippen molar-refractivity contribution < 1.29 is 18.0 Å². The third kappa shape index (κ3) is 2.99. The fourth-order valence-corrected chi connectivity index (χ4v) is 3.51. The van der Waals surface area contributed by atoms with E-state index in [2.05, 4.69) is 6.92 Å². The predicted octanol–water partition coefficient (Wildman–Crippen LogP) is 4.07. The number of alkyl halides is 3. The van der Waals surface area contributed by atoms with Gasteiger partial charge in [-0.15, -0.1) is 0 Å². The Morgan fingerprint density at radius 2 is 2.00 bits per heavy atom. The van der Waals surface area contributed by atoms with Crippen LogP contribution in [0.2, 0.25) is 0 Å². The number of piperidine rings is 1. The molecule has 3 atom stereocenters. The maximum atomic E-state index is 13.1. The van der Waals surface area contributed by atoms with Gasteiger partial charge in [-0.1, -0.05) is 25.1 Å². The van der Waals surface area contributed by atoms with E-state index < -0.39 is 11.7 Å². The summed E-state index contributed by atoms with van der Waals surface area (Å²) in [7, 11) is 0. The Balaban J connectivity index is 1.73. The summed E-state index contributed by atoms with van der Waals surface area (Å²) in [6.45, 7) is 3.60. The monoisotopic (exact) mass is 311 g/mol. The Hall–Kier alpha value is -1.52. The minimum Gasteiger partial charge on any atom is -0.342 e. The number of halogens is 3. The van der Waals surface area contributed by atoms with Crippen LogP contribution in [0.15, 0.2) is 24.3 Å². The molecule has 0 aromatic heterocycles. The molecule has 2 nitrogen and oxygen atoms in total. The number of rotatable bonds is 2. The first-order valence-corrected chi connectivity index (χ1v) is 7.83. The Morgan fingerprint density at radius 1 is 1.27 bits per heavy atom. The van der Waals surface area contributed by atoms with Crippen molar-refractivity contribution in [3.63, 3.8) is 0 Å². The van der Waals surface area contributed by atoms with Crippen molar-refractivity contribution in [3.05, 3.63) is 35.4 Å². The first-order chi connectivity index (χ1) is 10.4. The van der Waals surface area contributed by atoms with E-state index in [1.807, 2.05) is 4.90 Å². The van der Waals surface area contributed by atoms with Crippen molar-refractivity contribution in [2.24, 2.45) is 11.8 Å². The average molecular weight is 311 g/mol. The summed E-state index contributed by atoms with van der Waals surface area (Å²) in [5.41, 5.74) is -0.319. The van der Waals surface area contributed by atoms with Crippen LogP contribution in [0.5, 0.6) is 0 Å². The zero-order valence-corrected chi connectivity index (χ0v) is 12.6. The van der Waals surface area contributed by atoms with Crippen molar-refractivity contribution in [1.29, 1.82) is 0 Å². The zero-order valence-electron chi connectivity index (χ0n) is 12.6. The summed E-state index contributed by atoms with van der Waals surface area (Å²) in [6.07, 6.45) is -1.71. The minimum absolute atomic E-state index is 0.0357. The molecule has 3 rings (SSSR count). The van der Waals surface area contributed by atoms with E-state index in [-0.39, 0.29) is 23.3 Å². The van der Waals surface area contributed by atoms with Gasteiger partial charge >= 0.3 is 6.18 Å². The Morgan fingerprint density at radius 3 is 2.68 bits per heavy atom. The molecule has 1 aliphatic carbocycles. The number of hydrogen-bond acceptors (Lipinski definition) is 1. The van der Waals surface area contributed by atoms with Gasteiger partial charge in [0.1, 0.15) is 0 Å². The fraction of sp³-hybridized carbons (Fsp3) is 0.588. The van der Waals surface area contributed by atoms with Gasteiger partial charge in [0.25, 0.3) is 0 Å². The largest absolute Gasteiger partial charge is 0.416 e. The van der Waals surface area contributed by atoms with Crippen LogP contribution < -0.4 is 0 Å². The number of nitrogens with zero attached hydrogens (tertiary/aromatic N) is 1. The standard InChI is InChI=1S/C17H20F3NO/c1-11-5-4-8-21(10-11)16(22)14-9-13(14)12-6-2-3-7-15(12)17(18,19)20/h2-3,6-7,11,13-14H,4-5,8-10H2,1H3. The molecule has 2 aliphatic rings. The van der Waals surface area contributed by atoms with Gasteiger partial charge in [-0.25, -0.2) is 0 Å². The highest BCUT2D eigenvalue weighted by molar-refractivity contribution is 5.83. The molecule has 22 heavy (non-hydrogen) atoms. The van der Waals surface area contributed by atoms with Gasteiger partial charge in [-0.2, -0.15) is 13.2 Å². The summed E-state index contributed by atoms with van der Waals surface area (Å²) >= 11 is 0. The molecule has 0 N–H and O–H groups in total. The molecule has 3 unspecified atom stereocenters. The van der Waals surface area contributed by atoms with Crippen LogP contribution in [0.1, 0.15) is 43.2 Å². The number of hydrogen-bond donors (Lipinski definition) is 0. The zero-order chi connectivity index (χ0) is 15.9. The average Bonchev–Trinajstić information content (AvgIpc) is 3.26. The highest BCUT2D eigenvalue weighted by atomic mass is 19.4. The van der Waals surface area contributed by atoms with Crippen LogP contribution >= 0.6 is 0 Å². The van der Waals surface area contributed by atoms with Crippen LogP contribution in [-0.2, 0) is 11.0 Å². The molecule has 1 aromatic rings. The molecular weight excluding hydrogens is 291 g/mol. The van der Waals surface area contributed by atoms with Crippen LogP contribution in [-0.4, -0.2) is 23.9 Å². The van der Waals surface area contributed by atoms with E-state index in [0.717, 1.165) is 32.0 Å². The molecule has 1 amide bonds. The highest BCUT2D eigenvalue weighted by Gasteiger charge is 2.49. The number of amides is 1. The van der Waals surface area contributed by atoms with Crippen LogP contribution in [0.4, 0.5) is 13.2 Å². The quantitative estimate of drug-likeness (QED) is 0.806. The second-order valence-corrected chi connectivity index (χ2v) is 6.57. The van der Waals surface area contributed by atoms with Crippen molar-refractivity contribution >= 4 is 5.91 Å². The van der Waals surface area contributed by atoms with Crippen LogP contribution in [0.25, 0.3) is 0 Å². The smallest absolute Gasteiger partial charge is 0.342 e. The Bertz CT molecular complexity index is 569. The summed E-state index contributed by atoms with van der Waals surface area (Å²) in [4.78, 5) is 14.3. The molecule has 1 saturated heterocycles. The lowest BCUT2D eigenvalue weighted by atomic mass is 9.98. The van der Waals surface area contributed by atoms with Crippen molar-refractivity contribution in [2.45, 2.75) is 38.3 Å². The maximum Gasteiger partial charge on any atom is 0.416 e. The van der Waals surface area contributed by atoms with Crippen molar-refractivity contribution in [2.75, 3.05) is 13.1 Å². The Kier molecular flexibility index (Phi) is 3.91. The first-order valence-electron chi connectivity index (χ1n) is 7.83. The van der Waals surface area contributed by atoms with E-state index in [1.54, 1.807) is 6.07 Å². The number of carbonyl (C=O) groups excluding carboxylic acids is 1. The van der Waals surface area contributed by atoms with E-state index in [9.17, 15) is 18.0 Å². The van der Waals surface area contributed by atoms with Gasteiger partial charge in [-0.3, -0.25) is 4.79 Å². The van der Waals surface area contributed by atoms with E-state index in [4.69, 9.17) is 0 Å². The molecule has 2 fully saturated rings. The van der Waals surface area contributed by atoms with E-state index in [0.29, 0.717) is 12.3 Å². The lowest BCUT2D eigenvalue weighted by molar-refractivity contribution is -0.139. The minimum atomic E-state index is -4.35. The molecule has 0 spiro atoms. The molecule has 0 radical (unpaired) electrons. The molecule has 120 valence electrons. The highest BCUT2D eigenvalue weighted by Crippen LogP contribution is 2.51. The lowest BCUT2D eigenvalue weighted by Gasteiger charge is -2.31. The molecule has 1 aromatic carbocycles.